The lowest BCUT2D eigenvalue weighted by Gasteiger charge is -2.11. The Balaban J connectivity index is 2.45. The van der Waals surface area contributed by atoms with Gasteiger partial charge < -0.3 is 9.84 Å². The van der Waals surface area contributed by atoms with E-state index in [1.807, 2.05) is 19.1 Å². The van der Waals surface area contributed by atoms with Gasteiger partial charge in [-0.25, -0.2) is 4.79 Å². The summed E-state index contributed by atoms with van der Waals surface area (Å²) in [6, 6.07) is 7.21. The van der Waals surface area contributed by atoms with E-state index in [0.717, 1.165) is 10.0 Å². The largest absolute Gasteiger partial charge is 0.477 e. The van der Waals surface area contributed by atoms with Crippen LogP contribution in [0.15, 0.2) is 34.9 Å². The fourth-order valence-corrected chi connectivity index (χ4v) is 1.92. The third-order valence-corrected chi connectivity index (χ3v) is 3.10. The molecule has 0 aliphatic carbocycles. The number of benzene rings is 1. The van der Waals surface area contributed by atoms with Gasteiger partial charge in [-0.2, -0.15) is 0 Å². The van der Waals surface area contributed by atoms with Gasteiger partial charge in [0.25, 0.3) is 0 Å². The summed E-state index contributed by atoms with van der Waals surface area (Å²) in [5.74, 6) is -0.154. The first-order valence-electron chi connectivity index (χ1n) is 5.61. The highest BCUT2D eigenvalue weighted by Crippen LogP contribution is 2.30. The molecule has 5 heteroatoms. The van der Waals surface area contributed by atoms with Crippen LogP contribution in [0.1, 0.15) is 21.6 Å². The second kappa shape index (κ2) is 5.40. The fraction of sp³-hybridized carbons (Fsp3) is 0.143. The monoisotopic (exact) mass is 321 g/mol. The van der Waals surface area contributed by atoms with Crippen LogP contribution in [0.4, 0.5) is 0 Å². The van der Waals surface area contributed by atoms with Crippen LogP contribution < -0.4 is 4.74 Å². The lowest BCUT2D eigenvalue weighted by Crippen LogP contribution is -2.02. The third-order valence-electron chi connectivity index (χ3n) is 2.60. The molecule has 0 aliphatic heterocycles. The summed E-state index contributed by atoms with van der Waals surface area (Å²) in [5.41, 5.74) is 1.67. The van der Waals surface area contributed by atoms with E-state index in [9.17, 15) is 4.79 Å². The minimum atomic E-state index is -1.06. The maximum Gasteiger partial charge on any atom is 0.341 e. The van der Waals surface area contributed by atoms with E-state index in [1.165, 1.54) is 6.20 Å². The number of carbonyl (C=O) groups is 1. The molecule has 0 saturated carbocycles. The maximum absolute atomic E-state index is 11.1. The van der Waals surface area contributed by atoms with Crippen molar-refractivity contribution in [2.45, 2.75) is 13.8 Å². The first-order valence-corrected chi connectivity index (χ1v) is 6.40. The Kier molecular flexibility index (Phi) is 3.85. The van der Waals surface area contributed by atoms with Gasteiger partial charge >= 0.3 is 5.97 Å². The van der Waals surface area contributed by atoms with Crippen molar-refractivity contribution in [1.29, 1.82) is 0 Å². The summed E-state index contributed by atoms with van der Waals surface area (Å²) in [6.07, 6.45) is 1.31. The molecule has 98 valence electrons. The molecule has 0 spiro atoms. The highest BCUT2D eigenvalue weighted by Gasteiger charge is 2.14. The van der Waals surface area contributed by atoms with Crippen LogP contribution in [0.5, 0.6) is 11.5 Å². The molecule has 1 aromatic carbocycles. The Bertz CT molecular complexity index is 641. The summed E-state index contributed by atoms with van der Waals surface area (Å²) in [5, 5.41) is 9.13. The molecule has 0 unspecified atom stereocenters. The second-order valence-corrected chi connectivity index (χ2v) is 5.05. The van der Waals surface area contributed by atoms with Crippen LogP contribution in [-0.4, -0.2) is 16.1 Å². The standard InChI is InChI=1S/C14H12BrNO3/c1-8-3-4-10(15)6-12(8)19-13-5-9(2)16-7-11(13)14(17)18/h3-7H,1-2H3,(H,17,18). The molecule has 0 atom stereocenters. The first kappa shape index (κ1) is 13.5. The van der Waals surface area contributed by atoms with E-state index in [-0.39, 0.29) is 5.56 Å². The van der Waals surface area contributed by atoms with E-state index in [1.54, 1.807) is 19.1 Å². The average Bonchev–Trinajstić information content (AvgIpc) is 2.33. The number of aromatic carboxylic acids is 1. The molecule has 2 rings (SSSR count). The lowest BCUT2D eigenvalue weighted by molar-refractivity contribution is 0.0693. The molecular formula is C14H12BrNO3. The van der Waals surface area contributed by atoms with E-state index in [4.69, 9.17) is 9.84 Å². The van der Waals surface area contributed by atoms with Crippen molar-refractivity contribution in [3.63, 3.8) is 0 Å². The Morgan fingerprint density at radius 3 is 2.68 bits per heavy atom. The molecule has 2 aromatic rings. The van der Waals surface area contributed by atoms with Crippen LogP contribution in [0.25, 0.3) is 0 Å². The van der Waals surface area contributed by atoms with Crippen LogP contribution in [0, 0.1) is 13.8 Å². The number of aromatic nitrogens is 1. The average molecular weight is 322 g/mol. The molecule has 0 radical (unpaired) electrons. The number of nitrogens with zero attached hydrogens (tertiary/aromatic N) is 1. The SMILES string of the molecule is Cc1cc(Oc2cc(Br)ccc2C)c(C(=O)O)cn1. The topological polar surface area (TPSA) is 59.4 Å². The molecule has 0 fully saturated rings. The van der Waals surface area contributed by atoms with Gasteiger partial charge in [-0.1, -0.05) is 22.0 Å². The molecular weight excluding hydrogens is 310 g/mol. The molecule has 0 saturated heterocycles. The molecule has 0 bridgehead atoms. The summed E-state index contributed by atoms with van der Waals surface area (Å²) in [6.45, 7) is 3.68. The zero-order chi connectivity index (χ0) is 14.0. The van der Waals surface area contributed by atoms with Crippen LogP contribution in [0.3, 0.4) is 0 Å². The Labute approximate surface area is 119 Å². The van der Waals surface area contributed by atoms with Crippen LogP contribution >= 0.6 is 15.9 Å². The van der Waals surface area contributed by atoms with Crippen LogP contribution in [-0.2, 0) is 0 Å². The maximum atomic E-state index is 11.1. The van der Waals surface area contributed by atoms with Gasteiger partial charge in [0, 0.05) is 22.4 Å². The lowest BCUT2D eigenvalue weighted by atomic mass is 10.2. The number of carboxylic acid groups (broad SMARTS) is 1. The van der Waals surface area contributed by atoms with E-state index in [2.05, 4.69) is 20.9 Å². The van der Waals surface area contributed by atoms with Gasteiger partial charge in [-0.15, -0.1) is 0 Å². The van der Waals surface area contributed by atoms with Gasteiger partial charge in [0.1, 0.15) is 17.1 Å². The van der Waals surface area contributed by atoms with Crippen molar-refractivity contribution in [3.8, 4) is 11.5 Å². The fourth-order valence-electron chi connectivity index (χ4n) is 1.58. The number of hydrogen-bond donors (Lipinski definition) is 1. The second-order valence-electron chi connectivity index (χ2n) is 4.14. The molecule has 4 nitrogen and oxygen atoms in total. The van der Waals surface area contributed by atoms with Crippen molar-refractivity contribution in [1.82, 2.24) is 4.98 Å². The zero-order valence-electron chi connectivity index (χ0n) is 10.5. The molecule has 1 N–H and O–H groups in total. The number of hydrogen-bond acceptors (Lipinski definition) is 3. The van der Waals surface area contributed by atoms with E-state index in [0.29, 0.717) is 17.2 Å². The highest BCUT2D eigenvalue weighted by atomic mass is 79.9. The van der Waals surface area contributed by atoms with Gasteiger partial charge in [-0.3, -0.25) is 4.98 Å². The summed E-state index contributed by atoms with van der Waals surface area (Å²) in [4.78, 5) is 15.1. The van der Waals surface area contributed by atoms with Crippen molar-refractivity contribution in [2.24, 2.45) is 0 Å². The van der Waals surface area contributed by atoms with Gasteiger partial charge in [0.05, 0.1) is 0 Å². The van der Waals surface area contributed by atoms with E-state index < -0.39 is 5.97 Å². The summed E-state index contributed by atoms with van der Waals surface area (Å²) >= 11 is 3.36. The number of carboxylic acids is 1. The van der Waals surface area contributed by atoms with Gasteiger partial charge in [0.2, 0.25) is 0 Å². The minimum absolute atomic E-state index is 0.0463. The van der Waals surface area contributed by atoms with E-state index >= 15 is 0 Å². The number of halogens is 1. The number of pyridine rings is 1. The Morgan fingerprint density at radius 1 is 1.26 bits per heavy atom. The number of ether oxygens (including phenoxy) is 1. The van der Waals surface area contributed by atoms with Crippen molar-refractivity contribution in [2.75, 3.05) is 0 Å². The Hall–Kier alpha value is -1.88. The predicted molar refractivity (Wildman–Crippen MR) is 74.9 cm³/mol. The smallest absolute Gasteiger partial charge is 0.341 e. The van der Waals surface area contributed by atoms with Crippen LogP contribution in [0.2, 0.25) is 0 Å². The van der Waals surface area contributed by atoms with Crippen molar-refractivity contribution < 1.29 is 14.6 Å². The highest BCUT2D eigenvalue weighted by molar-refractivity contribution is 9.10. The number of aryl methyl sites for hydroxylation is 2. The molecule has 0 amide bonds. The molecule has 1 heterocycles. The predicted octanol–water partition coefficient (Wildman–Crippen LogP) is 3.95. The quantitative estimate of drug-likeness (QED) is 0.929. The van der Waals surface area contributed by atoms with Crippen molar-refractivity contribution >= 4 is 21.9 Å². The zero-order valence-corrected chi connectivity index (χ0v) is 12.1. The minimum Gasteiger partial charge on any atom is -0.477 e. The molecule has 19 heavy (non-hydrogen) atoms. The van der Waals surface area contributed by atoms with Gasteiger partial charge in [0.15, 0.2) is 0 Å². The normalized spacial score (nSPS) is 10.3. The number of rotatable bonds is 3. The third kappa shape index (κ3) is 3.12. The Morgan fingerprint density at radius 2 is 2.00 bits per heavy atom. The molecule has 1 aromatic heterocycles. The molecule has 0 aliphatic rings. The summed E-state index contributed by atoms with van der Waals surface area (Å²) < 4.78 is 6.58. The first-order chi connectivity index (χ1) is 8.97. The van der Waals surface area contributed by atoms with Crippen molar-refractivity contribution in [3.05, 3.63) is 51.8 Å². The summed E-state index contributed by atoms with van der Waals surface area (Å²) in [7, 11) is 0. The van der Waals surface area contributed by atoms with Gasteiger partial charge in [-0.05, 0) is 31.5 Å².